The topological polar surface area (TPSA) is 116 Å². The second-order valence-corrected chi connectivity index (χ2v) is 5.05. The van der Waals surface area contributed by atoms with Gasteiger partial charge in [-0.15, -0.1) is 0 Å². The lowest BCUT2D eigenvalue weighted by Gasteiger charge is -2.45. The summed E-state index contributed by atoms with van der Waals surface area (Å²) in [5, 5.41) is 19.4. The molecule has 118 valence electrons. The molecule has 1 heterocycles. The molecule has 1 aromatic rings. The molecule has 0 saturated carbocycles. The second-order valence-electron chi connectivity index (χ2n) is 4.52. The summed E-state index contributed by atoms with van der Waals surface area (Å²) in [6.45, 7) is -0.296. The zero-order valence-electron chi connectivity index (χ0n) is 11.2. The van der Waals surface area contributed by atoms with Gasteiger partial charge in [-0.1, -0.05) is 18.2 Å². The fraction of sp³-hybridized carbons (Fsp3) is 0.308. The number of hydrogen-bond donors (Lipinski definition) is 4. The van der Waals surface area contributed by atoms with E-state index in [2.05, 4.69) is 17.9 Å². The Bertz CT molecular complexity index is 581. The molecule has 1 fully saturated rings. The number of carboxylic acid groups (broad SMARTS) is 1. The van der Waals surface area contributed by atoms with E-state index < -0.39 is 35.4 Å². The lowest BCUT2D eigenvalue weighted by atomic mass is 10.1. The third-order valence-corrected chi connectivity index (χ3v) is 3.56. The summed E-state index contributed by atoms with van der Waals surface area (Å²) in [6.07, 6.45) is -1.98. The lowest BCUT2D eigenvalue weighted by Crippen LogP contribution is -2.72. The van der Waals surface area contributed by atoms with Crippen LogP contribution in [0.5, 0.6) is 5.75 Å². The van der Waals surface area contributed by atoms with Gasteiger partial charge in [-0.3, -0.25) is 14.5 Å². The molecular weight excluding hydrogens is 312 g/mol. The second kappa shape index (κ2) is 6.67. The molecule has 9 heteroatoms. The summed E-state index contributed by atoms with van der Waals surface area (Å²) < 4.78 is 5.21. The summed E-state index contributed by atoms with van der Waals surface area (Å²) in [5.74, 6) is -2.33. The molecule has 0 aromatic heterocycles. The first-order chi connectivity index (χ1) is 10.4. The van der Waals surface area contributed by atoms with E-state index in [1.165, 1.54) is 0 Å². The van der Waals surface area contributed by atoms with Gasteiger partial charge in [0.1, 0.15) is 17.2 Å². The first-order valence-corrected chi connectivity index (χ1v) is 6.82. The first-order valence-electron chi connectivity index (χ1n) is 6.30. The molecule has 1 saturated heterocycles. The van der Waals surface area contributed by atoms with Crippen LogP contribution in [-0.2, 0) is 14.4 Å². The number of carbonyl (C=O) groups excluding carboxylic acids is 2. The predicted molar refractivity (Wildman–Crippen MR) is 77.1 cm³/mol. The monoisotopic (exact) mass is 326 g/mol. The first kappa shape index (κ1) is 16.1. The number of ether oxygens (including phenoxy) is 1. The number of para-hydroxylation sites is 1. The summed E-state index contributed by atoms with van der Waals surface area (Å²) in [4.78, 5) is 34.7. The van der Waals surface area contributed by atoms with Crippen molar-refractivity contribution in [2.45, 2.75) is 17.6 Å². The Morgan fingerprint density at radius 2 is 2.00 bits per heavy atom. The number of aliphatic hydroxyl groups excluding tert-OH is 1. The number of thiol groups is 1. The van der Waals surface area contributed by atoms with Crippen molar-refractivity contribution in [3.8, 4) is 5.75 Å². The van der Waals surface area contributed by atoms with E-state index in [4.69, 9.17) is 9.84 Å². The number of hydrogen-bond acceptors (Lipinski definition) is 6. The van der Waals surface area contributed by atoms with Gasteiger partial charge in [0.2, 0.25) is 6.23 Å². The maximum Gasteiger partial charge on any atom is 0.354 e. The standard InChI is InChI=1S/C13H14N2O6S/c16-8(6-21-7-4-2-1-3-5-7)14-9-10(17)15(12(9)22)11(18)13(19)20/h1-5,9,11-12,18,22H,6H2,(H,14,16)(H,19,20)/t9-,11+,12-/m1/s1. The Labute approximate surface area is 131 Å². The maximum absolute atomic E-state index is 11.7. The fourth-order valence-corrected chi connectivity index (χ4v) is 2.34. The van der Waals surface area contributed by atoms with Gasteiger partial charge in [-0.2, -0.15) is 12.6 Å². The minimum atomic E-state index is -1.98. The van der Waals surface area contributed by atoms with E-state index in [0.717, 1.165) is 0 Å². The Morgan fingerprint density at radius 3 is 2.55 bits per heavy atom. The molecular formula is C13H14N2O6S. The number of aliphatic carboxylic acids is 1. The van der Waals surface area contributed by atoms with E-state index in [9.17, 15) is 19.5 Å². The predicted octanol–water partition coefficient (Wildman–Crippen LogP) is -0.949. The highest BCUT2D eigenvalue weighted by molar-refractivity contribution is 7.81. The molecule has 0 radical (unpaired) electrons. The van der Waals surface area contributed by atoms with Crippen molar-refractivity contribution in [3.63, 3.8) is 0 Å². The van der Waals surface area contributed by atoms with Crippen LogP contribution in [0.4, 0.5) is 0 Å². The molecule has 3 atom stereocenters. The Balaban J connectivity index is 1.83. The summed E-state index contributed by atoms with van der Waals surface area (Å²) >= 11 is 4.01. The molecule has 0 aliphatic carbocycles. The van der Waals surface area contributed by atoms with Crippen molar-refractivity contribution in [2.24, 2.45) is 0 Å². The highest BCUT2D eigenvalue weighted by Crippen LogP contribution is 2.25. The van der Waals surface area contributed by atoms with Crippen LogP contribution in [0.1, 0.15) is 0 Å². The van der Waals surface area contributed by atoms with Crippen molar-refractivity contribution in [1.82, 2.24) is 10.2 Å². The minimum absolute atomic E-state index is 0.296. The fourth-order valence-electron chi connectivity index (χ4n) is 1.90. The molecule has 3 N–H and O–H groups in total. The van der Waals surface area contributed by atoms with Crippen molar-refractivity contribution >= 4 is 30.4 Å². The number of benzene rings is 1. The molecule has 1 aliphatic heterocycles. The van der Waals surface area contributed by atoms with Crippen LogP contribution in [0.25, 0.3) is 0 Å². The van der Waals surface area contributed by atoms with Crippen molar-refractivity contribution in [3.05, 3.63) is 30.3 Å². The quantitative estimate of drug-likeness (QED) is 0.396. The molecule has 0 spiro atoms. The average molecular weight is 326 g/mol. The summed E-state index contributed by atoms with van der Waals surface area (Å²) in [5.41, 5.74) is 0. The maximum atomic E-state index is 11.7. The van der Waals surface area contributed by atoms with E-state index in [1.807, 2.05) is 0 Å². The molecule has 22 heavy (non-hydrogen) atoms. The van der Waals surface area contributed by atoms with Gasteiger partial charge in [0.25, 0.3) is 11.8 Å². The van der Waals surface area contributed by atoms with E-state index >= 15 is 0 Å². The molecule has 0 bridgehead atoms. The van der Waals surface area contributed by atoms with Crippen molar-refractivity contribution in [1.29, 1.82) is 0 Å². The molecule has 2 rings (SSSR count). The van der Waals surface area contributed by atoms with Gasteiger partial charge >= 0.3 is 5.97 Å². The zero-order valence-corrected chi connectivity index (χ0v) is 12.1. The van der Waals surface area contributed by atoms with Gasteiger partial charge in [0.15, 0.2) is 6.61 Å². The number of nitrogens with one attached hydrogen (secondary N) is 1. The Morgan fingerprint density at radius 1 is 1.36 bits per heavy atom. The average Bonchev–Trinajstić information content (AvgIpc) is 2.51. The van der Waals surface area contributed by atoms with Crippen LogP contribution in [0.15, 0.2) is 30.3 Å². The highest BCUT2D eigenvalue weighted by Gasteiger charge is 2.51. The van der Waals surface area contributed by atoms with Crippen LogP contribution in [0.2, 0.25) is 0 Å². The number of carbonyl (C=O) groups is 3. The third-order valence-electron chi connectivity index (χ3n) is 3.02. The van der Waals surface area contributed by atoms with Gasteiger partial charge in [-0.25, -0.2) is 4.79 Å². The van der Waals surface area contributed by atoms with Crippen LogP contribution < -0.4 is 10.1 Å². The van der Waals surface area contributed by atoms with Crippen molar-refractivity contribution in [2.75, 3.05) is 6.61 Å². The van der Waals surface area contributed by atoms with Gasteiger partial charge in [0.05, 0.1) is 0 Å². The lowest BCUT2D eigenvalue weighted by molar-refractivity contribution is -0.178. The van der Waals surface area contributed by atoms with Crippen LogP contribution in [0.3, 0.4) is 0 Å². The Kier molecular flexibility index (Phi) is 4.88. The van der Waals surface area contributed by atoms with E-state index in [-0.39, 0.29) is 6.61 Å². The van der Waals surface area contributed by atoms with Crippen molar-refractivity contribution < 1.29 is 29.3 Å². The third kappa shape index (κ3) is 3.31. The molecule has 0 unspecified atom stereocenters. The van der Waals surface area contributed by atoms with Crippen LogP contribution in [0, 0.1) is 0 Å². The van der Waals surface area contributed by atoms with E-state index in [0.29, 0.717) is 10.6 Å². The summed E-state index contributed by atoms with van der Waals surface area (Å²) in [7, 11) is 0. The number of amides is 2. The number of nitrogens with zero attached hydrogens (tertiary/aromatic N) is 1. The zero-order chi connectivity index (χ0) is 16.3. The smallest absolute Gasteiger partial charge is 0.354 e. The van der Waals surface area contributed by atoms with Gasteiger partial charge < -0.3 is 20.3 Å². The van der Waals surface area contributed by atoms with Crippen LogP contribution >= 0.6 is 12.6 Å². The number of rotatable bonds is 6. The SMILES string of the molecule is O=C(COc1ccccc1)N[C@@H]1C(=O)N([C@@H](O)C(=O)O)[C@@H]1S. The van der Waals surface area contributed by atoms with Gasteiger partial charge in [-0.05, 0) is 12.1 Å². The molecule has 8 nitrogen and oxygen atoms in total. The van der Waals surface area contributed by atoms with E-state index in [1.54, 1.807) is 30.3 Å². The molecule has 1 aromatic carbocycles. The highest BCUT2D eigenvalue weighted by atomic mass is 32.1. The van der Waals surface area contributed by atoms with Gasteiger partial charge in [0, 0.05) is 0 Å². The number of aliphatic hydroxyl groups is 1. The largest absolute Gasteiger partial charge is 0.484 e. The minimum Gasteiger partial charge on any atom is -0.484 e. The normalized spacial score (nSPS) is 21.7. The molecule has 1 aliphatic rings. The number of likely N-dealkylation sites (tertiary alicyclic amines) is 1. The number of carboxylic acids is 1. The Hall–Kier alpha value is -2.26. The molecule has 2 amide bonds. The number of β-lactam (4-membered cyclic amide) rings is 1. The van der Waals surface area contributed by atoms with Crippen LogP contribution in [-0.4, -0.2) is 57.1 Å². The summed E-state index contributed by atoms with van der Waals surface area (Å²) in [6, 6.07) is 7.65.